The van der Waals surface area contributed by atoms with Crippen molar-refractivity contribution in [2.75, 3.05) is 17.9 Å². The number of rotatable bonds is 5. The van der Waals surface area contributed by atoms with Gasteiger partial charge in [-0.1, -0.05) is 0 Å². The second-order valence-corrected chi connectivity index (χ2v) is 8.78. The van der Waals surface area contributed by atoms with E-state index in [0.29, 0.717) is 40.3 Å². The van der Waals surface area contributed by atoms with Crippen molar-refractivity contribution in [1.29, 1.82) is 0 Å². The third-order valence-corrected chi connectivity index (χ3v) is 6.31. The summed E-state index contributed by atoms with van der Waals surface area (Å²) in [5.41, 5.74) is 6.01. The molecule has 2 aromatic heterocycles. The molecule has 1 aromatic carbocycles. The third kappa shape index (κ3) is 3.64. The predicted octanol–water partition coefficient (Wildman–Crippen LogP) is 1.84. The summed E-state index contributed by atoms with van der Waals surface area (Å²) in [6.07, 6.45) is 1.51. The maximum absolute atomic E-state index is 14.7. The predicted molar refractivity (Wildman–Crippen MR) is 107 cm³/mol. The zero-order valence-corrected chi connectivity index (χ0v) is 17.0. The fourth-order valence-corrected chi connectivity index (χ4v) is 4.09. The van der Waals surface area contributed by atoms with Gasteiger partial charge in [0, 0.05) is 35.3 Å². The Bertz CT molecular complexity index is 1290. The van der Waals surface area contributed by atoms with E-state index < -0.39 is 50.4 Å². The average molecular weight is 449 g/mol. The maximum Gasteiger partial charge on any atom is 0.322 e. The Morgan fingerprint density at radius 2 is 1.97 bits per heavy atom. The molecule has 0 atom stereocenters. The minimum absolute atomic E-state index is 0.179. The van der Waals surface area contributed by atoms with Gasteiger partial charge in [-0.15, -0.1) is 0 Å². The number of sulfone groups is 1. The van der Waals surface area contributed by atoms with E-state index in [1.165, 1.54) is 13.3 Å². The molecule has 0 aliphatic carbocycles. The van der Waals surface area contributed by atoms with E-state index in [0.717, 1.165) is 4.90 Å². The van der Waals surface area contributed by atoms with Crippen LogP contribution >= 0.6 is 0 Å². The van der Waals surface area contributed by atoms with Gasteiger partial charge in [-0.05, 0) is 18.2 Å². The number of ether oxygens (including phenoxy) is 1. The number of benzene rings is 1. The second kappa shape index (κ2) is 7.71. The number of nitrogens with one attached hydrogen (secondary N) is 1. The Labute approximate surface area is 175 Å². The molecule has 4 rings (SSSR count). The molecule has 31 heavy (non-hydrogen) atoms. The van der Waals surface area contributed by atoms with Gasteiger partial charge in [0.2, 0.25) is 5.88 Å². The summed E-state index contributed by atoms with van der Waals surface area (Å²) < 4.78 is 58.2. The molecular weight excluding hydrogens is 432 g/mol. The Morgan fingerprint density at radius 1 is 1.26 bits per heavy atom. The number of hydrogen-bond donors (Lipinski definition) is 2. The van der Waals surface area contributed by atoms with Crippen molar-refractivity contribution in [3.8, 4) is 5.88 Å². The number of carbonyl (C=O) groups excluding carboxylic acids is 1. The smallest absolute Gasteiger partial charge is 0.322 e. The van der Waals surface area contributed by atoms with Crippen molar-refractivity contribution < 1.29 is 26.7 Å². The molecule has 0 fully saturated rings. The number of anilines is 1. The van der Waals surface area contributed by atoms with Crippen LogP contribution in [0.15, 0.2) is 35.4 Å². The number of nitrogens with two attached hydrogens (primary N) is 1. The van der Waals surface area contributed by atoms with Crippen LogP contribution in [0.25, 0.3) is 11.0 Å². The molecule has 3 N–H and O–H groups in total. The first-order valence-corrected chi connectivity index (χ1v) is 10.7. The van der Waals surface area contributed by atoms with Crippen molar-refractivity contribution in [3.63, 3.8) is 0 Å². The number of methoxy groups -OCH3 is 1. The number of aromatic nitrogens is 2. The van der Waals surface area contributed by atoms with Crippen LogP contribution in [-0.2, 0) is 22.9 Å². The van der Waals surface area contributed by atoms with Gasteiger partial charge in [0.05, 0.1) is 24.2 Å². The lowest BCUT2D eigenvalue weighted by atomic mass is 10.1. The van der Waals surface area contributed by atoms with Crippen LogP contribution in [0.1, 0.15) is 11.1 Å². The molecular formula is C19H17F2N5O4S. The van der Waals surface area contributed by atoms with Gasteiger partial charge < -0.3 is 15.8 Å². The molecule has 2 amide bonds. The fraction of sp³-hybridized carbons (Fsp3) is 0.211. The van der Waals surface area contributed by atoms with Crippen LogP contribution in [0.2, 0.25) is 0 Å². The number of pyridine rings is 2. The topological polar surface area (TPSA) is 128 Å². The SMILES string of the molecule is COc1ccc2c3c(cnc2n1)CNC(=O)N3Cc1c(F)cc(S(=O)(=O)CN)cc1F. The average Bonchev–Trinajstić information content (AvgIpc) is 2.76. The summed E-state index contributed by atoms with van der Waals surface area (Å²) in [7, 11) is -2.56. The highest BCUT2D eigenvalue weighted by Gasteiger charge is 2.29. The minimum atomic E-state index is -4.01. The number of fused-ring (bicyclic) bond motifs is 3. The quantitative estimate of drug-likeness (QED) is 0.608. The number of amides is 2. The lowest BCUT2D eigenvalue weighted by molar-refractivity contribution is 0.244. The van der Waals surface area contributed by atoms with Gasteiger partial charge in [0.25, 0.3) is 0 Å². The molecule has 0 bridgehead atoms. The normalized spacial score (nSPS) is 13.8. The Morgan fingerprint density at radius 3 is 2.61 bits per heavy atom. The summed E-state index contributed by atoms with van der Waals surface area (Å²) in [5.74, 6) is -2.68. The number of carbonyl (C=O) groups is 1. The van der Waals surface area contributed by atoms with Gasteiger partial charge in [-0.3, -0.25) is 4.90 Å². The van der Waals surface area contributed by atoms with Crippen LogP contribution in [0, 0.1) is 11.6 Å². The third-order valence-electron chi connectivity index (χ3n) is 4.92. The molecule has 3 heterocycles. The van der Waals surface area contributed by atoms with E-state index in [1.54, 1.807) is 12.1 Å². The molecule has 3 aromatic rings. The summed E-state index contributed by atoms with van der Waals surface area (Å²) in [6, 6.07) is 4.06. The van der Waals surface area contributed by atoms with E-state index in [9.17, 15) is 22.0 Å². The van der Waals surface area contributed by atoms with E-state index >= 15 is 0 Å². The van der Waals surface area contributed by atoms with Gasteiger partial charge >= 0.3 is 6.03 Å². The van der Waals surface area contributed by atoms with Crippen LogP contribution in [-0.4, -0.2) is 37.4 Å². The first-order chi connectivity index (χ1) is 14.7. The zero-order valence-electron chi connectivity index (χ0n) is 16.2. The van der Waals surface area contributed by atoms with Gasteiger partial charge in [0.1, 0.15) is 17.5 Å². The van der Waals surface area contributed by atoms with Crippen LogP contribution < -0.4 is 20.7 Å². The van der Waals surface area contributed by atoms with Crippen LogP contribution in [0.5, 0.6) is 5.88 Å². The largest absolute Gasteiger partial charge is 0.481 e. The molecule has 1 aliphatic heterocycles. The molecule has 0 saturated carbocycles. The van der Waals surface area contributed by atoms with E-state index in [2.05, 4.69) is 15.3 Å². The first kappa shape index (κ1) is 20.9. The monoisotopic (exact) mass is 449 g/mol. The van der Waals surface area contributed by atoms with Crippen molar-refractivity contribution in [2.24, 2.45) is 5.73 Å². The minimum Gasteiger partial charge on any atom is -0.481 e. The number of urea groups is 1. The number of nitrogens with zero attached hydrogens (tertiary/aromatic N) is 3. The zero-order chi connectivity index (χ0) is 22.3. The molecule has 0 radical (unpaired) electrons. The second-order valence-electron chi connectivity index (χ2n) is 6.75. The Balaban J connectivity index is 1.82. The molecule has 0 saturated heterocycles. The van der Waals surface area contributed by atoms with E-state index in [-0.39, 0.29) is 6.54 Å². The molecule has 12 heteroatoms. The van der Waals surface area contributed by atoms with Crippen molar-refractivity contribution in [2.45, 2.75) is 18.0 Å². The number of hydrogen-bond acceptors (Lipinski definition) is 7. The lowest BCUT2D eigenvalue weighted by Gasteiger charge is -2.31. The molecule has 0 spiro atoms. The molecule has 1 aliphatic rings. The molecule has 9 nitrogen and oxygen atoms in total. The highest BCUT2D eigenvalue weighted by Crippen LogP contribution is 2.34. The van der Waals surface area contributed by atoms with E-state index in [1.807, 2.05) is 0 Å². The summed E-state index contributed by atoms with van der Waals surface area (Å²) in [5, 5.41) is 3.12. The van der Waals surface area contributed by atoms with Crippen molar-refractivity contribution in [3.05, 3.63) is 53.2 Å². The Hall–Kier alpha value is -3.38. The van der Waals surface area contributed by atoms with Crippen LogP contribution in [0.3, 0.4) is 0 Å². The van der Waals surface area contributed by atoms with Gasteiger partial charge in [0.15, 0.2) is 15.5 Å². The van der Waals surface area contributed by atoms with Crippen molar-refractivity contribution in [1.82, 2.24) is 15.3 Å². The van der Waals surface area contributed by atoms with E-state index in [4.69, 9.17) is 10.5 Å². The molecule has 0 unspecified atom stereocenters. The lowest BCUT2D eigenvalue weighted by Crippen LogP contribution is -2.44. The summed E-state index contributed by atoms with van der Waals surface area (Å²) >= 11 is 0. The summed E-state index contributed by atoms with van der Waals surface area (Å²) in [6.45, 7) is -0.303. The fourth-order valence-electron chi connectivity index (χ4n) is 3.33. The van der Waals surface area contributed by atoms with Gasteiger partial charge in [-0.25, -0.2) is 27.0 Å². The highest BCUT2D eigenvalue weighted by molar-refractivity contribution is 7.91. The maximum atomic E-state index is 14.7. The molecule has 162 valence electrons. The highest BCUT2D eigenvalue weighted by atomic mass is 32.2. The van der Waals surface area contributed by atoms with Crippen LogP contribution in [0.4, 0.5) is 19.3 Å². The standard InChI is InChI=1S/C19H17F2N5O4S/c1-30-16-3-2-12-17-10(6-23-18(12)25-16)7-24-19(27)26(17)8-13-14(20)4-11(5-15(13)21)31(28,29)9-22/h2-6H,7-9,22H2,1H3,(H,24,27). The Kier molecular flexibility index (Phi) is 5.19. The first-order valence-electron chi connectivity index (χ1n) is 9.04. The van der Waals surface area contributed by atoms with Crippen molar-refractivity contribution >= 4 is 32.6 Å². The summed E-state index contributed by atoms with van der Waals surface area (Å²) in [4.78, 5) is 21.7. The van der Waals surface area contributed by atoms with Gasteiger partial charge in [-0.2, -0.15) is 4.98 Å². The number of halogens is 2.